The molecular weight excluding hydrogens is 208 g/mol. The molecule has 1 saturated heterocycles. The zero-order valence-corrected chi connectivity index (χ0v) is 9.56. The third-order valence-electron chi connectivity index (χ3n) is 2.80. The van der Waals surface area contributed by atoms with Crippen molar-refractivity contribution in [1.29, 1.82) is 0 Å². The molecule has 1 atom stereocenters. The van der Waals surface area contributed by atoms with Gasteiger partial charge in [0.1, 0.15) is 0 Å². The summed E-state index contributed by atoms with van der Waals surface area (Å²) in [5.41, 5.74) is 1.30. The van der Waals surface area contributed by atoms with E-state index in [-0.39, 0.29) is 0 Å². The second-order valence-corrected chi connectivity index (χ2v) is 4.49. The van der Waals surface area contributed by atoms with Gasteiger partial charge in [-0.3, -0.25) is 0 Å². The fourth-order valence-electron chi connectivity index (χ4n) is 1.89. The molecule has 2 rings (SSSR count). The first-order chi connectivity index (χ1) is 7.34. The van der Waals surface area contributed by atoms with Crippen molar-refractivity contribution < 1.29 is 0 Å². The number of hydrogen-bond acceptors (Lipinski definition) is 2. The number of rotatable bonds is 3. The SMILES string of the molecule is Clc1ccc(CN[C@H]2CCCNC2)cc1. The summed E-state index contributed by atoms with van der Waals surface area (Å²) in [7, 11) is 0. The second-order valence-electron chi connectivity index (χ2n) is 4.05. The van der Waals surface area contributed by atoms with Gasteiger partial charge in [0.2, 0.25) is 0 Å². The minimum absolute atomic E-state index is 0.620. The minimum Gasteiger partial charge on any atom is -0.315 e. The zero-order chi connectivity index (χ0) is 10.5. The fraction of sp³-hybridized carbons (Fsp3) is 0.500. The second kappa shape index (κ2) is 5.50. The minimum atomic E-state index is 0.620. The van der Waals surface area contributed by atoms with Crippen LogP contribution in [0.15, 0.2) is 24.3 Å². The highest BCUT2D eigenvalue weighted by atomic mass is 35.5. The summed E-state index contributed by atoms with van der Waals surface area (Å²) >= 11 is 5.83. The van der Waals surface area contributed by atoms with Crippen molar-refractivity contribution in [3.63, 3.8) is 0 Å². The molecule has 1 aliphatic heterocycles. The molecule has 0 spiro atoms. The van der Waals surface area contributed by atoms with Gasteiger partial charge in [-0.2, -0.15) is 0 Å². The molecule has 1 aromatic carbocycles. The molecule has 0 saturated carbocycles. The monoisotopic (exact) mass is 224 g/mol. The van der Waals surface area contributed by atoms with E-state index in [1.54, 1.807) is 0 Å². The molecule has 0 aliphatic carbocycles. The molecule has 15 heavy (non-hydrogen) atoms. The van der Waals surface area contributed by atoms with Crippen LogP contribution in [0.3, 0.4) is 0 Å². The van der Waals surface area contributed by atoms with Gasteiger partial charge in [-0.1, -0.05) is 23.7 Å². The molecule has 0 amide bonds. The third kappa shape index (κ3) is 3.49. The first-order valence-electron chi connectivity index (χ1n) is 5.53. The van der Waals surface area contributed by atoms with E-state index in [1.807, 2.05) is 12.1 Å². The largest absolute Gasteiger partial charge is 0.315 e. The summed E-state index contributed by atoms with van der Waals surface area (Å²) in [5.74, 6) is 0. The Kier molecular flexibility index (Phi) is 4.01. The lowest BCUT2D eigenvalue weighted by atomic mass is 10.1. The van der Waals surface area contributed by atoms with Gasteiger partial charge in [-0.25, -0.2) is 0 Å². The summed E-state index contributed by atoms with van der Waals surface area (Å²) < 4.78 is 0. The van der Waals surface area contributed by atoms with Gasteiger partial charge in [-0.15, -0.1) is 0 Å². The van der Waals surface area contributed by atoms with Crippen LogP contribution in [0.2, 0.25) is 5.02 Å². The van der Waals surface area contributed by atoms with Crippen LogP contribution < -0.4 is 10.6 Å². The van der Waals surface area contributed by atoms with Crippen LogP contribution in [0.25, 0.3) is 0 Å². The molecule has 1 aromatic rings. The lowest BCUT2D eigenvalue weighted by molar-refractivity contribution is 0.389. The van der Waals surface area contributed by atoms with Gasteiger partial charge in [0.25, 0.3) is 0 Å². The van der Waals surface area contributed by atoms with Crippen molar-refractivity contribution in [3.05, 3.63) is 34.9 Å². The Labute approximate surface area is 96.0 Å². The van der Waals surface area contributed by atoms with Crippen LogP contribution in [0.1, 0.15) is 18.4 Å². The maximum absolute atomic E-state index is 5.83. The van der Waals surface area contributed by atoms with Crippen molar-refractivity contribution in [2.75, 3.05) is 13.1 Å². The lowest BCUT2D eigenvalue weighted by Crippen LogP contribution is -2.42. The Morgan fingerprint density at radius 1 is 1.33 bits per heavy atom. The van der Waals surface area contributed by atoms with Gasteiger partial charge in [0.05, 0.1) is 0 Å². The Bertz CT molecular complexity index is 291. The number of hydrogen-bond donors (Lipinski definition) is 2. The van der Waals surface area contributed by atoms with E-state index in [4.69, 9.17) is 11.6 Å². The third-order valence-corrected chi connectivity index (χ3v) is 3.06. The molecule has 1 fully saturated rings. The molecule has 3 heteroatoms. The molecule has 1 aliphatic rings. The van der Waals surface area contributed by atoms with Crippen molar-refractivity contribution in [1.82, 2.24) is 10.6 Å². The van der Waals surface area contributed by atoms with E-state index < -0.39 is 0 Å². The number of halogens is 1. The topological polar surface area (TPSA) is 24.1 Å². The molecule has 1 heterocycles. The highest BCUT2D eigenvalue weighted by Gasteiger charge is 2.11. The van der Waals surface area contributed by atoms with E-state index in [1.165, 1.54) is 24.9 Å². The number of nitrogens with one attached hydrogen (secondary N) is 2. The summed E-state index contributed by atoms with van der Waals surface area (Å²) in [6.07, 6.45) is 2.55. The lowest BCUT2D eigenvalue weighted by Gasteiger charge is -2.23. The van der Waals surface area contributed by atoms with E-state index in [2.05, 4.69) is 22.8 Å². The predicted octanol–water partition coefficient (Wildman–Crippen LogP) is 2.18. The Hall–Kier alpha value is -0.570. The summed E-state index contributed by atoms with van der Waals surface area (Å²) in [6.45, 7) is 3.19. The molecule has 2 N–H and O–H groups in total. The van der Waals surface area contributed by atoms with Crippen molar-refractivity contribution in [2.45, 2.75) is 25.4 Å². The summed E-state index contributed by atoms with van der Waals surface area (Å²) in [5, 5.41) is 7.75. The van der Waals surface area contributed by atoms with E-state index in [9.17, 15) is 0 Å². The molecule has 82 valence electrons. The number of piperidine rings is 1. The first kappa shape index (κ1) is 10.9. The Morgan fingerprint density at radius 2 is 2.13 bits per heavy atom. The smallest absolute Gasteiger partial charge is 0.0406 e. The van der Waals surface area contributed by atoms with Crippen LogP contribution in [0.5, 0.6) is 0 Å². The van der Waals surface area contributed by atoms with Gasteiger partial charge in [0.15, 0.2) is 0 Å². The molecule has 0 radical (unpaired) electrons. The average Bonchev–Trinajstić information content (AvgIpc) is 2.30. The van der Waals surface area contributed by atoms with Crippen molar-refractivity contribution >= 4 is 11.6 Å². The molecular formula is C12H17ClN2. The van der Waals surface area contributed by atoms with Crippen LogP contribution in [0, 0.1) is 0 Å². The molecule has 0 aromatic heterocycles. The van der Waals surface area contributed by atoms with Gasteiger partial charge >= 0.3 is 0 Å². The Morgan fingerprint density at radius 3 is 2.80 bits per heavy atom. The normalized spacial score (nSPS) is 21.5. The van der Waals surface area contributed by atoms with Gasteiger partial charge in [0, 0.05) is 24.2 Å². The first-order valence-corrected chi connectivity index (χ1v) is 5.91. The predicted molar refractivity (Wildman–Crippen MR) is 64.2 cm³/mol. The van der Waals surface area contributed by atoms with Crippen LogP contribution in [-0.4, -0.2) is 19.1 Å². The molecule has 0 bridgehead atoms. The number of benzene rings is 1. The van der Waals surface area contributed by atoms with Gasteiger partial charge in [-0.05, 0) is 37.1 Å². The van der Waals surface area contributed by atoms with Crippen LogP contribution in [0.4, 0.5) is 0 Å². The highest BCUT2D eigenvalue weighted by Crippen LogP contribution is 2.10. The standard InChI is InChI=1S/C12H17ClN2/c13-11-5-3-10(4-6-11)8-15-12-2-1-7-14-9-12/h3-6,12,14-15H,1-2,7-9H2/t12-/m0/s1. The fourth-order valence-corrected chi connectivity index (χ4v) is 2.02. The van der Waals surface area contributed by atoms with E-state index in [0.717, 1.165) is 18.1 Å². The maximum atomic E-state index is 5.83. The van der Waals surface area contributed by atoms with E-state index in [0.29, 0.717) is 6.04 Å². The summed E-state index contributed by atoms with van der Waals surface area (Å²) in [6, 6.07) is 8.65. The maximum Gasteiger partial charge on any atom is 0.0406 e. The van der Waals surface area contributed by atoms with Crippen LogP contribution >= 0.6 is 11.6 Å². The highest BCUT2D eigenvalue weighted by molar-refractivity contribution is 6.30. The molecule has 2 nitrogen and oxygen atoms in total. The molecule has 0 unspecified atom stereocenters. The zero-order valence-electron chi connectivity index (χ0n) is 8.80. The van der Waals surface area contributed by atoms with E-state index >= 15 is 0 Å². The Balaban J connectivity index is 1.79. The van der Waals surface area contributed by atoms with Crippen molar-refractivity contribution in [2.24, 2.45) is 0 Å². The van der Waals surface area contributed by atoms with Gasteiger partial charge < -0.3 is 10.6 Å². The van der Waals surface area contributed by atoms with Crippen molar-refractivity contribution in [3.8, 4) is 0 Å². The quantitative estimate of drug-likeness (QED) is 0.823. The summed E-state index contributed by atoms with van der Waals surface area (Å²) in [4.78, 5) is 0. The average molecular weight is 225 g/mol. The van der Waals surface area contributed by atoms with Crippen LogP contribution in [-0.2, 0) is 6.54 Å².